The van der Waals surface area contributed by atoms with E-state index in [1.807, 2.05) is 48.9 Å². The van der Waals surface area contributed by atoms with E-state index in [4.69, 9.17) is 4.74 Å². The van der Waals surface area contributed by atoms with Crippen LogP contribution >= 0.6 is 0 Å². The highest BCUT2D eigenvalue weighted by molar-refractivity contribution is 5.80. The van der Waals surface area contributed by atoms with Crippen LogP contribution in [0.4, 0.5) is 5.69 Å². The number of nitrogens with zero attached hydrogens (tertiary/aromatic N) is 5. The van der Waals surface area contributed by atoms with Gasteiger partial charge in [-0.1, -0.05) is 30.3 Å². The molecule has 0 radical (unpaired) electrons. The summed E-state index contributed by atoms with van der Waals surface area (Å²) in [7, 11) is 0. The molecule has 0 aliphatic rings. The fourth-order valence-electron chi connectivity index (χ4n) is 3.56. The minimum Gasteiger partial charge on any atom is -0.454 e. The van der Waals surface area contributed by atoms with Crippen LogP contribution in [-0.2, 0) is 34.0 Å². The molecular formula is C22H26N6O5. The number of esters is 1. The van der Waals surface area contributed by atoms with Crippen LogP contribution in [0.25, 0.3) is 0 Å². The Hall–Kier alpha value is -4.02. The molecular weight excluding hydrogens is 428 g/mol. The van der Waals surface area contributed by atoms with E-state index in [0.717, 1.165) is 22.5 Å². The van der Waals surface area contributed by atoms with E-state index < -0.39 is 23.4 Å². The molecule has 0 saturated carbocycles. The summed E-state index contributed by atoms with van der Waals surface area (Å²) in [6.45, 7) is 6.92. The van der Waals surface area contributed by atoms with Crippen LogP contribution in [0.2, 0.25) is 0 Å². The van der Waals surface area contributed by atoms with Crippen LogP contribution < -0.4 is 5.32 Å². The van der Waals surface area contributed by atoms with Crippen molar-refractivity contribution in [2.75, 3.05) is 6.61 Å². The lowest BCUT2D eigenvalue weighted by atomic mass is 10.2. The molecule has 11 heteroatoms. The monoisotopic (exact) mass is 454 g/mol. The van der Waals surface area contributed by atoms with Crippen LogP contribution in [0.1, 0.15) is 33.9 Å². The molecule has 0 spiro atoms. The van der Waals surface area contributed by atoms with Gasteiger partial charge >= 0.3 is 11.7 Å². The molecule has 0 aliphatic carbocycles. The van der Waals surface area contributed by atoms with Crippen molar-refractivity contribution in [3.8, 4) is 0 Å². The Kier molecular flexibility index (Phi) is 7.21. The van der Waals surface area contributed by atoms with Gasteiger partial charge in [-0.15, -0.1) is 0 Å². The molecule has 2 aromatic heterocycles. The number of nitrogens with one attached hydrogen (secondary N) is 1. The number of nitro groups is 1. The summed E-state index contributed by atoms with van der Waals surface area (Å²) < 4.78 is 8.09. The molecule has 174 valence electrons. The number of hydrogen-bond acceptors (Lipinski definition) is 7. The average molecular weight is 454 g/mol. The van der Waals surface area contributed by atoms with Crippen LogP contribution in [0.5, 0.6) is 0 Å². The summed E-state index contributed by atoms with van der Waals surface area (Å²) in [4.78, 5) is 34.8. The normalized spacial score (nSPS) is 10.8. The highest BCUT2D eigenvalue weighted by atomic mass is 16.6. The maximum absolute atomic E-state index is 12.2. The fraction of sp³-hybridized carbons (Fsp3) is 0.364. The third-order valence-electron chi connectivity index (χ3n) is 5.34. The van der Waals surface area contributed by atoms with Crippen LogP contribution in [0.15, 0.2) is 30.3 Å². The summed E-state index contributed by atoms with van der Waals surface area (Å²) in [6, 6.07) is 9.95. The predicted molar refractivity (Wildman–Crippen MR) is 118 cm³/mol. The Morgan fingerprint density at radius 2 is 1.70 bits per heavy atom. The maximum atomic E-state index is 12.2. The molecule has 0 bridgehead atoms. The van der Waals surface area contributed by atoms with Gasteiger partial charge in [0.05, 0.1) is 17.2 Å². The topological polar surface area (TPSA) is 134 Å². The molecule has 11 nitrogen and oxygen atoms in total. The van der Waals surface area contributed by atoms with Crippen LogP contribution in [0.3, 0.4) is 0 Å². The van der Waals surface area contributed by atoms with Crippen molar-refractivity contribution in [3.05, 3.63) is 74.3 Å². The van der Waals surface area contributed by atoms with Gasteiger partial charge < -0.3 is 10.1 Å². The highest BCUT2D eigenvalue weighted by Gasteiger charge is 2.23. The lowest BCUT2D eigenvalue weighted by molar-refractivity contribution is -0.386. The van der Waals surface area contributed by atoms with Gasteiger partial charge in [0.1, 0.15) is 17.9 Å². The van der Waals surface area contributed by atoms with E-state index in [9.17, 15) is 19.7 Å². The number of aromatic nitrogens is 4. The third kappa shape index (κ3) is 5.62. The predicted octanol–water partition coefficient (Wildman–Crippen LogP) is 2.13. The molecule has 0 fully saturated rings. The Labute approximate surface area is 190 Å². The zero-order chi connectivity index (χ0) is 24.1. The zero-order valence-electron chi connectivity index (χ0n) is 19.0. The lowest BCUT2D eigenvalue weighted by Gasteiger charge is -2.08. The summed E-state index contributed by atoms with van der Waals surface area (Å²) in [5.41, 5.74) is 4.10. The van der Waals surface area contributed by atoms with E-state index in [1.165, 1.54) is 18.5 Å². The lowest BCUT2D eigenvalue weighted by Crippen LogP contribution is -2.29. The third-order valence-corrected chi connectivity index (χ3v) is 5.34. The van der Waals surface area contributed by atoms with Crippen molar-refractivity contribution < 1.29 is 19.2 Å². The number of carbonyl (C=O) groups is 2. The molecule has 0 saturated heterocycles. The number of hydrogen-bond donors (Lipinski definition) is 1. The summed E-state index contributed by atoms with van der Waals surface area (Å²) >= 11 is 0. The fourth-order valence-corrected chi connectivity index (χ4v) is 3.56. The first-order chi connectivity index (χ1) is 15.7. The van der Waals surface area contributed by atoms with Gasteiger partial charge in [-0.3, -0.25) is 29.1 Å². The van der Waals surface area contributed by atoms with Crippen LogP contribution in [-0.4, -0.2) is 43.0 Å². The summed E-state index contributed by atoms with van der Waals surface area (Å²) in [5.74, 6) is -1.18. The van der Waals surface area contributed by atoms with E-state index in [-0.39, 0.29) is 30.2 Å². The molecule has 3 rings (SSSR count). The SMILES string of the molecule is Cc1nn(Cc2ccccc2)c(C)c1CNC(=O)COC(=O)Cn1nc(C)c([N+](=O)[O-])c1C. The van der Waals surface area contributed by atoms with E-state index >= 15 is 0 Å². The van der Waals surface area contributed by atoms with Gasteiger partial charge in [0.2, 0.25) is 0 Å². The molecule has 33 heavy (non-hydrogen) atoms. The highest BCUT2D eigenvalue weighted by Crippen LogP contribution is 2.21. The minimum absolute atomic E-state index is 0.140. The van der Waals surface area contributed by atoms with Crippen molar-refractivity contribution in [2.45, 2.75) is 47.3 Å². The number of ether oxygens (including phenoxy) is 1. The molecule has 0 unspecified atom stereocenters. The second-order valence-corrected chi connectivity index (χ2v) is 7.66. The van der Waals surface area contributed by atoms with Crippen LogP contribution in [0, 0.1) is 37.8 Å². The van der Waals surface area contributed by atoms with E-state index in [2.05, 4.69) is 15.5 Å². The summed E-state index contributed by atoms with van der Waals surface area (Å²) in [5, 5.41) is 22.3. The van der Waals surface area contributed by atoms with E-state index in [0.29, 0.717) is 6.54 Å². The summed E-state index contributed by atoms with van der Waals surface area (Å²) in [6.07, 6.45) is 0. The van der Waals surface area contributed by atoms with Crippen molar-refractivity contribution in [2.24, 2.45) is 0 Å². The number of rotatable bonds is 9. The van der Waals surface area contributed by atoms with Gasteiger partial charge in [-0.25, -0.2) is 0 Å². The number of carbonyl (C=O) groups excluding carboxylic acids is 2. The second-order valence-electron chi connectivity index (χ2n) is 7.66. The Bertz CT molecular complexity index is 1180. The van der Waals surface area contributed by atoms with Gasteiger partial charge in [0.25, 0.3) is 5.91 Å². The first-order valence-electron chi connectivity index (χ1n) is 10.3. The van der Waals surface area contributed by atoms with Gasteiger partial charge in [0, 0.05) is 17.8 Å². The quantitative estimate of drug-likeness (QED) is 0.297. The number of amides is 1. The maximum Gasteiger partial charge on any atom is 0.328 e. The Balaban J connectivity index is 1.51. The molecule has 1 N–H and O–H groups in total. The largest absolute Gasteiger partial charge is 0.454 e. The number of aryl methyl sites for hydroxylation is 2. The first kappa shape index (κ1) is 23.6. The minimum atomic E-state index is -0.714. The van der Waals surface area contributed by atoms with Gasteiger partial charge in [-0.2, -0.15) is 10.2 Å². The van der Waals surface area contributed by atoms with Crippen molar-refractivity contribution in [1.82, 2.24) is 24.9 Å². The van der Waals surface area contributed by atoms with Crippen molar-refractivity contribution in [1.29, 1.82) is 0 Å². The molecule has 2 heterocycles. The Morgan fingerprint density at radius 1 is 1.03 bits per heavy atom. The number of benzene rings is 1. The zero-order valence-corrected chi connectivity index (χ0v) is 19.0. The molecule has 0 atom stereocenters. The van der Waals surface area contributed by atoms with E-state index in [1.54, 1.807) is 0 Å². The molecule has 1 amide bonds. The smallest absolute Gasteiger partial charge is 0.328 e. The van der Waals surface area contributed by atoms with Gasteiger partial charge in [0.15, 0.2) is 6.61 Å². The standard InChI is InChI=1S/C22H26N6O5/c1-14-19(16(3)26(24-14)11-18-8-6-5-7-9-18)10-23-20(29)13-33-21(30)12-27-17(4)22(28(31)32)15(2)25-27/h5-9H,10-13H2,1-4H3,(H,23,29). The molecule has 1 aromatic carbocycles. The molecule has 0 aliphatic heterocycles. The van der Waals surface area contributed by atoms with Crippen molar-refractivity contribution >= 4 is 17.6 Å². The second kappa shape index (κ2) is 10.1. The molecule has 3 aromatic rings. The van der Waals surface area contributed by atoms with Crippen molar-refractivity contribution in [3.63, 3.8) is 0 Å². The first-order valence-corrected chi connectivity index (χ1v) is 10.3. The van der Waals surface area contributed by atoms with Gasteiger partial charge in [-0.05, 0) is 33.3 Å². The Morgan fingerprint density at radius 3 is 2.33 bits per heavy atom. The average Bonchev–Trinajstić information content (AvgIpc) is 3.19.